The minimum absolute atomic E-state index is 0.0434. The van der Waals surface area contributed by atoms with Gasteiger partial charge in [-0.05, 0) is 6.07 Å². The molecule has 0 aliphatic heterocycles. The van der Waals surface area contributed by atoms with Gasteiger partial charge in [0.25, 0.3) is 0 Å². The second-order valence-electron chi connectivity index (χ2n) is 2.79. The molecule has 0 saturated carbocycles. The predicted molar refractivity (Wildman–Crippen MR) is 56.9 cm³/mol. The van der Waals surface area contributed by atoms with Crippen LogP contribution in [0.25, 0.3) is 0 Å². The third-order valence-corrected chi connectivity index (χ3v) is 2.16. The number of carboxylic acid groups (broad SMARTS) is 1. The summed E-state index contributed by atoms with van der Waals surface area (Å²) in [5.41, 5.74) is -0.283. The van der Waals surface area contributed by atoms with Crippen LogP contribution < -0.4 is 0 Å². The summed E-state index contributed by atoms with van der Waals surface area (Å²) < 4.78 is 4.24. The van der Waals surface area contributed by atoms with Gasteiger partial charge in [0.05, 0.1) is 5.02 Å². The number of carboxylic acids is 1. The molecule has 1 aromatic heterocycles. The van der Waals surface area contributed by atoms with Gasteiger partial charge in [-0.15, -0.1) is 0 Å². The first kappa shape index (κ1) is 13.4. The molecule has 0 fully saturated rings. The molecule has 0 radical (unpaired) electrons. The number of pyridine rings is 1. The van der Waals surface area contributed by atoms with Crippen LogP contribution in [0, 0.1) is 0 Å². The van der Waals surface area contributed by atoms with Crippen LogP contribution in [0.4, 0.5) is 0 Å². The zero-order valence-electron chi connectivity index (χ0n) is 8.15. The van der Waals surface area contributed by atoms with Crippen molar-refractivity contribution in [1.29, 1.82) is 0 Å². The van der Waals surface area contributed by atoms with Crippen LogP contribution in [0.2, 0.25) is 10.2 Å². The maximum Gasteiger partial charge on any atom is 0.350 e. The molecule has 0 aliphatic rings. The van der Waals surface area contributed by atoms with Gasteiger partial charge in [0.2, 0.25) is 0 Å². The molecule has 1 heterocycles. The van der Waals surface area contributed by atoms with Gasteiger partial charge in [0, 0.05) is 6.20 Å². The van der Waals surface area contributed by atoms with E-state index in [9.17, 15) is 14.4 Å². The second-order valence-corrected chi connectivity index (χ2v) is 3.56. The molecule has 1 aromatic rings. The fourth-order valence-electron chi connectivity index (χ4n) is 0.910. The lowest BCUT2D eigenvalue weighted by Gasteiger charge is -2.04. The summed E-state index contributed by atoms with van der Waals surface area (Å²) in [5, 5.41) is 8.03. The number of hydrogen-bond donors (Lipinski definition) is 1. The standard InChI is InChI=1S/C9H5Cl2NO5/c10-4-1-2-12-8(11)7(4)9(16)17-6(15)3-5(13)14/h1-2H,3H2,(H,13,14). The van der Waals surface area contributed by atoms with Gasteiger partial charge in [0.15, 0.2) is 0 Å². The number of rotatable bonds is 3. The Kier molecular flexibility index (Phi) is 4.42. The lowest BCUT2D eigenvalue weighted by molar-refractivity contribution is -0.147. The lowest BCUT2D eigenvalue weighted by Crippen LogP contribution is -2.16. The summed E-state index contributed by atoms with van der Waals surface area (Å²) in [4.78, 5) is 36.1. The van der Waals surface area contributed by atoms with Crippen molar-refractivity contribution in [2.24, 2.45) is 0 Å². The van der Waals surface area contributed by atoms with Gasteiger partial charge in [-0.25, -0.2) is 9.78 Å². The van der Waals surface area contributed by atoms with E-state index in [4.69, 9.17) is 28.3 Å². The summed E-state index contributed by atoms with van der Waals surface area (Å²) >= 11 is 11.3. The predicted octanol–water partition coefficient (Wildman–Crippen LogP) is 1.55. The summed E-state index contributed by atoms with van der Waals surface area (Å²) in [5.74, 6) is -3.76. The Morgan fingerprint density at radius 3 is 2.53 bits per heavy atom. The monoisotopic (exact) mass is 277 g/mol. The van der Waals surface area contributed by atoms with Gasteiger partial charge in [-0.2, -0.15) is 0 Å². The van der Waals surface area contributed by atoms with Crippen molar-refractivity contribution in [2.75, 3.05) is 0 Å². The Hall–Kier alpha value is -1.66. The zero-order valence-corrected chi connectivity index (χ0v) is 9.66. The quantitative estimate of drug-likeness (QED) is 0.512. The normalized spacial score (nSPS) is 9.76. The molecule has 0 saturated heterocycles. The van der Waals surface area contributed by atoms with E-state index in [1.54, 1.807) is 0 Å². The second kappa shape index (κ2) is 5.60. The molecule has 0 unspecified atom stereocenters. The SMILES string of the molecule is O=C(O)CC(=O)OC(=O)c1c(Cl)ccnc1Cl. The van der Waals surface area contributed by atoms with Crippen molar-refractivity contribution >= 4 is 41.1 Å². The molecule has 6 nitrogen and oxygen atoms in total. The van der Waals surface area contributed by atoms with E-state index in [-0.39, 0.29) is 15.7 Å². The van der Waals surface area contributed by atoms with E-state index >= 15 is 0 Å². The number of esters is 2. The van der Waals surface area contributed by atoms with Gasteiger partial charge in [-0.3, -0.25) is 9.59 Å². The fourth-order valence-corrected chi connectivity index (χ4v) is 1.42. The van der Waals surface area contributed by atoms with E-state index < -0.39 is 24.3 Å². The summed E-state index contributed by atoms with van der Waals surface area (Å²) in [7, 11) is 0. The van der Waals surface area contributed by atoms with Crippen LogP contribution in [0.1, 0.15) is 16.8 Å². The number of hydrogen-bond acceptors (Lipinski definition) is 5. The minimum Gasteiger partial charge on any atom is -0.481 e. The Morgan fingerprint density at radius 2 is 2.00 bits per heavy atom. The van der Waals surface area contributed by atoms with Crippen LogP contribution >= 0.6 is 23.2 Å². The molecule has 0 aromatic carbocycles. The zero-order chi connectivity index (χ0) is 13.0. The highest BCUT2D eigenvalue weighted by Crippen LogP contribution is 2.22. The molecule has 0 amide bonds. The van der Waals surface area contributed by atoms with Crippen molar-refractivity contribution in [3.05, 3.63) is 28.0 Å². The number of aliphatic carboxylic acids is 1. The highest BCUT2D eigenvalue weighted by molar-refractivity contribution is 6.38. The lowest BCUT2D eigenvalue weighted by atomic mass is 10.3. The summed E-state index contributed by atoms with van der Waals surface area (Å²) in [6.07, 6.45) is 0.335. The summed E-state index contributed by atoms with van der Waals surface area (Å²) in [6, 6.07) is 1.28. The third-order valence-electron chi connectivity index (χ3n) is 1.56. The smallest absolute Gasteiger partial charge is 0.350 e. The minimum atomic E-state index is -1.41. The molecule has 0 atom stereocenters. The molecule has 0 aliphatic carbocycles. The first-order valence-electron chi connectivity index (χ1n) is 4.18. The molecule has 17 heavy (non-hydrogen) atoms. The van der Waals surface area contributed by atoms with Crippen LogP contribution in [0.3, 0.4) is 0 Å². The van der Waals surface area contributed by atoms with Crippen LogP contribution in [-0.4, -0.2) is 28.0 Å². The topological polar surface area (TPSA) is 93.6 Å². The molecular formula is C9H5Cl2NO5. The Morgan fingerprint density at radius 1 is 1.35 bits per heavy atom. The van der Waals surface area contributed by atoms with E-state index in [1.165, 1.54) is 12.3 Å². The fraction of sp³-hybridized carbons (Fsp3) is 0.111. The van der Waals surface area contributed by atoms with Crippen molar-refractivity contribution in [3.8, 4) is 0 Å². The van der Waals surface area contributed by atoms with Gasteiger partial charge >= 0.3 is 17.9 Å². The van der Waals surface area contributed by atoms with E-state index in [0.717, 1.165) is 0 Å². The Labute approximate surface area is 105 Å². The largest absolute Gasteiger partial charge is 0.481 e. The third kappa shape index (κ3) is 3.69. The molecule has 0 bridgehead atoms. The van der Waals surface area contributed by atoms with Crippen LogP contribution in [0.5, 0.6) is 0 Å². The number of halogens is 2. The molecule has 1 N–H and O–H groups in total. The van der Waals surface area contributed by atoms with Crippen LogP contribution in [-0.2, 0) is 14.3 Å². The molecule has 8 heteroatoms. The average molecular weight is 278 g/mol. The van der Waals surface area contributed by atoms with Crippen molar-refractivity contribution in [1.82, 2.24) is 4.98 Å². The number of nitrogens with zero attached hydrogens (tertiary/aromatic N) is 1. The first-order chi connectivity index (χ1) is 7.91. The highest BCUT2D eigenvalue weighted by atomic mass is 35.5. The molecule has 0 spiro atoms. The number of carbonyl (C=O) groups excluding carboxylic acids is 2. The van der Waals surface area contributed by atoms with E-state index in [0.29, 0.717) is 0 Å². The van der Waals surface area contributed by atoms with Crippen LogP contribution in [0.15, 0.2) is 12.3 Å². The number of ether oxygens (including phenoxy) is 1. The molecular weight excluding hydrogens is 273 g/mol. The van der Waals surface area contributed by atoms with Gasteiger partial charge in [0.1, 0.15) is 17.1 Å². The molecule has 90 valence electrons. The van der Waals surface area contributed by atoms with E-state index in [2.05, 4.69) is 9.72 Å². The van der Waals surface area contributed by atoms with Crippen molar-refractivity contribution in [3.63, 3.8) is 0 Å². The highest BCUT2D eigenvalue weighted by Gasteiger charge is 2.21. The van der Waals surface area contributed by atoms with Crippen molar-refractivity contribution in [2.45, 2.75) is 6.42 Å². The summed E-state index contributed by atoms with van der Waals surface area (Å²) in [6.45, 7) is 0. The Bertz CT molecular complexity index is 468. The number of carbonyl (C=O) groups is 3. The van der Waals surface area contributed by atoms with E-state index in [1.807, 2.05) is 0 Å². The Balaban J connectivity index is 2.84. The maximum absolute atomic E-state index is 11.4. The van der Waals surface area contributed by atoms with Crippen molar-refractivity contribution < 1.29 is 24.2 Å². The maximum atomic E-state index is 11.4. The van der Waals surface area contributed by atoms with Gasteiger partial charge < -0.3 is 9.84 Å². The average Bonchev–Trinajstić information content (AvgIpc) is 2.15. The molecule has 1 rings (SSSR count). The number of aromatic nitrogens is 1. The van der Waals surface area contributed by atoms with Gasteiger partial charge in [-0.1, -0.05) is 23.2 Å². The first-order valence-corrected chi connectivity index (χ1v) is 4.94.